The van der Waals surface area contributed by atoms with Gasteiger partial charge in [0.2, 0.25) is 0 Å². The molecule has 0 fully saturated rings. The first-order valence-corrected chi connectivity index (χ1v) is 4.91. The molecule has 1 aliphatic rings. The molecular formula is C10H14OS. The third-order valence-corrected chi connectivity index (χ3v) is 2.80. The number of hydrogen-bond donors (Lipinski definition) is 0. The Bertz CT molecular complexity index is 218. The summed E-state index contributed by atoms with van der Waals surface area (Å²) in [4.78, 5) is 1.16. The minimum absolute atomic E-state index is 0.534. The smallest absolute Gasteiger partial charge is 0.113 e. The second-order valence-electron chi connectivity index (χ2n) is 2.72. The SMILES string of the molecule is C=CCC1=C(C=C)SC(C)CO1. The van der Waals surface area contributed by atoms with Crippen LogP contribution in [0.2, 0.25) is 0 Å². The van der Waals surface area contributed by atoms with Crippen molar-refractivity contribution in [3.05, 3.63) is 36.0 Å². The molecule has 0 aromatic heterocycles. The van der Waals surface area contributed by atoms with Crippen molar-refractivity contribution in [2.45, 2.75) is 18.6 Å². The van der Waals surface area contributed by atoms with E-state index in [4.69, 9.17) is 4.74 Å². The van der Waals surface area contributed by atoms with Crippen LogP contribution in [0.25, 0.3) is 0 Å². The van der Waals surface area contributed by atoms with Crippen LogP contribution in [0, 0.1) is 0 Å². The lowest BCUT2D eigenvalue weighted by atomic mass is 10.3. The summed E-state index contributed by atoms with van der Waals surface area (Å²) < 4.78 is 5.55. The van der Waals surface area contributed by atoms with Gasteiger partial charge in [-0.05, 0) is 6.92 Å². The zero-order valence-corrected chi connectivity index (χ0v) is 8.19. The van der Waals surface area contributed by atoms with Crippen molar-refractivity contribution in [3.8, 4) is 0 Å². The fourth-order valence-electron chi connectivity index (χ4n) is 1.06. The van der Waals surface area contributed by atoms with E-state index in [0.29, 0.717) is 5.25 Å². The van der Waals surface area contributed by atoms with Gasteiger partial charge in [-0.3, -0.25) is 0 Å². The van der Waals surface area contributed by atoms with Crippen LogP contribution in [0.15, 0.2) is 36.0 Å². The number of allylic oxidation sites excluding steroid dienone is 2. The Kier molecular flexibility index (Phi) is 3.48. The van der Waals surface area contributed by atoms with Crippen molar-refractivity contribution >= 4 is 11.8 Å². The maximum absolute atomic E-state index is 5.55. The van der Waals surface area contributed by atoms with Gasteiger partial charge >= 0.3 is 0 Å². The Morgan fingerprint density at radius 3 is 3.00 bits per heavy atom. The van der Waals surface area contributed by atoms with E-state index in [1.807, 2.05) is 23.9 Å². The topological polar surface area (TPSA) is 9.23 Å². The molecule has 0 saturated carbocycles. The van der Waals surface area contributed by atoms with Gasteiger partial charge in [0.25, 0.3) is 0 Å². The molecule has 1 rings (SSSR count). The maximum atomic E-state index is 5.55. The number of ether oxygens (including phenoxy) is 1. The van der Waals surface area contributed by atoms with Gasteiger partial charge in [-0.2, -0.15) is 0 Å². The molecule has 0 N–H and O–H groups in total. The molecule has 0 bridgehead atoms. The lowest BCUT2D eigenvalue weighted by molar-refractivity contribution is 0.207. The average Bonchev–Trinajstić information content (AvgIpc) is 2.08. The molecule has 1 unspecified atom stereocenters. The molecule has 0 radical (unpaired) electrons. The molecular weight excluding hydrogens is 168 g/mol. The van der Waals surface area contributed by atoms with Crippen molar-refractivity contribution in [1.82, 2.24) is 0 Å². The van der Waals surface area contributed by atoms with Crippen molar-refractivity contribution in [2.24, 2.45) is 0 Å². The Balaban J connectivity index is 2.75. The highest BCUT2D eigenvalue weighted by Gasteiger charge is 2.16. The lowest BCUT2D eigenvalue weighted by Gasteiger charge is -2.22. The third kappa shape index (κ3) is 2.18. The van der Waals surface area contributed by atoms with E-state index in [1.165, 1.54) is 0 Å². The van der Waals surface area contributed by atoms with Crippen LogP contribution in [0.4, 0.5) is 0 Å². The molecule has 12 heavy (non-hydrogen) atoms. The predicted molar refractivity (Wildman–Crippen MR) is 55.0 cm³/mol. The van der Waals surface area contributed by atoms with Crippen LogP contribution >= 0.6 is 11.8 Å². The predicted octanol–water partition coefficient (Wildman–Crippen LogP) is 3.11. The number of hydrogen-bond acceptors (Lipinski definition) is 2. The molecule has 0 aromatic carbocycles. The summed E-state index contributed by atoms with van der Waals surface area (Å²) in [5.74, 6) is 1.02. The Morgan fingerprint density at radius 1 is 1.67 bits per heavy atom. The van der Waals surface area contributed by atoms with Crippen LogP contribution < -0.4 is 0 Å². The zero-order valence-electron chi connectivity index (χ0n) is 7.38. The van der Waals surface area contributed by atoms with Gasteiger partial charge < -0.3 is 4.74 Å². The molecule has 0 saturated heterocycles. The first-order valence-electron chi connectivity index (χ1n) is 4.04. The highest BCUT2D eigenvalue weighted by molar-refractivity contribution is 8.03. The quantitative estimate of drug-likeness (QED) is 0.620. The molecule has 0 spiro atoms. The van der Waals surface area contributed by atoms with E-state index in [2.05, 4.69) is 20.1 Å². The van der Waals surface area contributed by atoms with Crippen LogP contribution in [0.1, 0.15) is 13.3 Å². The van der Waals surface area contributed by atoms with E-state index in [9.17, 15) is 0 Å². The third-order valence-electron chi connectivity index (χ3n) is 1.61. The summed E-state index contributed by atoms with van der Waals surface area (Å²) in [5, 5.41) is 0.534. The average molecular weight is 182 g/mol. The van der Waals surface area contributed by atoms with Gasteiger partial charge in [0, 0.05) is 16.6 Å². The van der Waals surface area contributed by atoms with Crippen molar-refractivity contribution in [1.29, 1.82) is 0 Å². The summed E-state index contributed by atoms with van der Waals surface area (Å²) in [6, 6.07) is 0. The van der Waals surface area contributed by atoms with E-state index in [1.54, 1.807) is 0 Å². The van der Waals surface area contributed by atoms with Gasteiger partial charge in [-0.25, -0.2) is 0 Å². The highest BCUT2D eigenvalue weighted by atomic mass is 32.2. The molecule has 0 aliphatic carbocycles. The van der Waals surface area contributed by atoms with E-state index >= 15 is 0 Å². The Labute approximate surface area is 78.2 Å². The minimum atomic E-state index is 0.534. The first kappa shape index (κ1) is 9.46. The normalized spacial score (nSPS) is 23.2. The second-order valence-corrected chi connectivity index (χ2v) is 4.20. The van der Waals surface area contributed by atoms with Gasteiger partial charge in [0.1, 0.15) is 5.76 Å². The van der Waals surface area contributed by atoms with E-state index in [-0.39, 0.29) is 0 Å². The van der Waals surface area contributed by atoms with Gasteiger partial charge in [-0.15, -0.1) is 18.3 Å². The van der Waals surface area contributed by atoms with Crippen LogP contribution in [-0.2, 0) is 4.74 Å². The lowest BCUT2D eigenvalue weighted by Crippen LogP contribution is -2.13. The summed E-state index contributed by atoms with van der Waals surface area (Å²) in [7, 11) is 0. The number of thioether (sulfide) groups is 1. The first-order chi connectivity index (χ1) is 5.77. The molecule has 1 aliphatic heterocycles. The van der Waals surface area contributed by atoms with E-state index in [0.717, 1.165) is 23.7 Å². The van der Waals surface area contributed by atoms with Gasteiger partial charge in [0.05, 0.1) is 6.61 Å². The highest BCUT2D eigenvalue weighted by Crippen LogP contribution is 2.32. The van der Waals surface area contributed by atoms with Gasteiger partial charge in [0.15, 0.2) is 0 Å². The molecule has 0 amide bonds. The monoisotopic (exact) mass is 182 g/mol. The van der Waals surface area contributed by atoms with Crippen molar-refractivity contribution in [2.75, 3.05) is 6.61 Å². The van der Waals surface area contributed by atoms with Gasteiger partial charge in [-0.1, -0.05) is 18.7 Å². The van der Waals surface area contributed by atoms with Crippen LogP contribution in [0.5, 0.6) is 0 Å². The molecule has 1 nitrogen and oxygen atoms in total. The summed E-state index contributed by atoms with van der Waals surface area (Å²) in [6.07, 6.45) is 4.52. The molecule has 1 heterocycles. The van der Waals surface area contributed by atoms with E-state index < -0.39 is 0 Å². The summed E-state index contributed by atoms with van der Waals surface area (Å²) >= 11 is 1.82. The largest absolute Gasteiger partial charge is 0.495 e. The fourth-order valence-corrected chi connectivity index (χ4v) is 2.00. The summed E-state index contributed by atoms with van der Waals surface area (Å²) in [5.41, 5.74) is 0. The summed E-state index contributed by atoms with van der Waals surface area (Å²) in [6.45, 7) is 10.4. The Morgan fingerprint density at radius 2 is 2.42 bits per heavy atom. The minimum Gasteiger partial charge on any atom is -0.495 e. The second kappa shape index (κ2) is 4.41. The molecule has 2 heteroatoms. The molecule has 66 valence electrons. The molecule has 0 aromatic rings. The van der Waals surface area contributed by atoms with Crippen molar-refractivity contribution in [3.63, 3.8) is 0 Å². The Hall–Kier alpha value is -0.630. The molecule has 1 atom stereocenters. The maximum Gasteiger partial charge on any atom is 0.113 e. The van der Waals surface area contributed by atoms with Crippen LogP contribution in [-0.4, -0.2) is 11.9 Å². The fraction of sp³-hybridized carbons (Fsp3) is 0.400. The number of rotatable bonds is 3. The zero-order chi connectivity index (χ0) is 8.97. The standard InChI is InChI=1S/C10H14OS/c1-4-6-9-10(5-2)12-8(3)7-11-9/h4-5,8H,1-2,6-7H2,3H3. The van der Waals surface area contributed by atoms with Crippen LogP contribution in [0.3, 0.4) is 0 Å². The van der Waals surface area contributed by atoms with Crippen molar-refractivity contribution < 1.29 is 4.74 Å².